The number of hydrogen-bond acceptors (Lipinski definition) is 6. The Balaban J connectivity index is 1.19. The summed E-state index contributed by atoms with van der Waals surface area (Å²) in [5, 5.41) is 33.4. The summed E-state index contributed by atoms with van der Waals surface area (Å²) in [4.78, 5) is 0. The lowest BCUT2D eigenvalue weighted by atomic mass is 9.78. The van der Waals surface area contributed by atoms with E-state index in [1.54, 1.807) is 6.08 Å². The second-order valence-electron chi connectivity index (χ2n) is 8.38. The van der Waals surface area contributed by atoms with Gasteiger partial charge in [0.25, 0.3) is 0 Å². The molecule has 3 rings (SSSR count). The molecular weight excluding hydrogens is 394 g/mol. The quantitative estimate of drug-likeness (QED) is 0.341. The zero-order chi connectivity index (χ0) is 21.9. The second-order valence-corrected chi connectivity index (χ2v) is 8.38. The Kier molecular flexibility index (Phi) is 9.15. The number of nitrogens with one attached hydrogen (secondary N) is 1. The van der Waals surface area contributed by atoms with Crippen molar-refractivity contribution in [3.05, 3.63) is 59.6 Å². The largest absolute Gasteiger partial charge is 0.508 e. The van der Waals surface area contributed by atoms with Crippen LogP contribution in [-0.2, 0) is 11.2 Å². The highest BCUT2D eigenvalue weighted by molar-refractivity contribution is 5.77. The highest BCUT2D eigenvalue weighted by Crippen LogP contribution is 2.32. The van der Waals surface area contributed by atoms with Gasteiger partial charge in [0.1, 0.15) is 17.1 Å². The summed E-state index contributed by atoms with van der Waals surface area (Å²) in [5.74, 6) is 1.09. The summed E-state index contributed by atoms with van der Waals surface area (Å²) in [7, 11) is 0. The molecule has 0 saturated heterocycles. The summed E-state index contributed by atoms with van der Waals surface area (Å²) < 4.78 is 11.5. The fourth-order valence-corrected chi connectivity index (χ4v) is 3.95. The number of furan rings is 1. The molecule has 1 heterocycles. The van der Waals surface area contributed by atoms with Gasteiger partial charge in [-0.15, -0.1) is 0 Å². The number of benzene rings is 1. The van der Waals surface area contributed by atoms with Crippen molar-refractivity contribution in [1.82, 2.24) is 5.32 Å². The Morgan fingerprint density at radius 3 is 2.71 bits per heavy atom. The molecule has 31 heavy (non-hydrogen) atoms. The number of unbranched alkanes of at least 4 members (excludes halogenated alkanes) is 3. The van der Waals surface area contributed by atoms with Gasteiger partial charge in [-0.05, 0) is 49.6 Å². The maximum atomic E-state index is 9.80. The summed E-state index contributed by atoms with van der Waals surface area (Å²) in [6.07, 6.45) is 9.07. The first kappa shape index (κ1) is 23.5. The number of fused-ring (bicyclic) bond motifs is 1. The first-order valence-electron chi connectivity index (χ1n) is 11.2. The summed E-state index contributed by atoms with van der Waals surface area (Å²) >= 11 is 0. The summed E-state index contributed by atoms with van der Waals surface area (Å²) in [6, 6.07) is 10.1. The van der Waals surface area contributed by atoms with E-state index in [0.717, 1.165) is 62.0 Å². The number of aliphatic hydroxyl groups is 3. The van der Waals surface area contributed by atoms with E-state index in [1.807, 2.05) is 24.3 Å². The van der Waals surface area contributed by atoms with Crippen LogP contribution in [0.1, 0.15) is 37.9 Å². The molecule has 0 amide bonds. The third-order valence-electron chi connectivity index (χ3n) is 5.87. The summed E-state index contributed by atoms with van der Waals surface area (Å²) in [6.45, 7) is 2.76. The fraction of sp³-hybridized carbons (Fsp3) is 0.520. The van der Waals surface area contributed by atoms with Crippen molar-refractivity contribution in [3.8, 4) is 0 Å². The van der Waals surface area contributed by atoms with Gasteiger partial charge in [-0.2, -0.15) is 0 Å². The molecule has 0 bridgehead atoms. The molecule has 1 atom stereocenters. The molecule has 1 unspecified atom stereocenters. The highest BCUT2D eigenvalue weighted by atomic mass is 16.5. The first-order valence-corrected chi connectivity index (χ1v) is 11.2. The van der Waals surface area contributed by atoms with Crippen LogP contribution in [0.4, 0.5) is 0 Å². The maximum absolute atomic E-state index is 9.80. The Morgan fingerprint density at radius 1 is 1.06 bits per heavy atom. The van der Waals surface area contributed by atoms with Crippen LogP contribution < -0.4 is 5.32 Å². The van der Waals surface area contributed by atoms with E-state index in [4.69, 9.17) is 9.15 Å². The van der Waals surface area contributed by atoms with Crippen molar-refractivity contribution in [1.29, 1.82) is 0 Å². The Labute approximate surface area is 184 Å². The van der Waals surface area contributed by atoms with E-state index < -0.39 is 5.41 Å². The molecular formula is C25H35NO5. The Hall–Kier alpha value is -2.12. The fourth-order valence-electron chi connectivity index (χ4n) is 3.95. The van der Waals surface area contributed by atoms with E-state index in [1.165, 1.54) is 0 Å². The normalized spacial score (nSPS) is 18.9. The molecule has 170 valence electrons. The van der Waals surface area contributed by atoms with Gasteiger partial charge in [-0.1, -0.05) is 37.1 Å². The lowest BCUT2D eigenvalue weighted by Crippen LogP contribution is -2.38. The predicted molar refractivity (Wildman–Crippen MR) is 122 cm³/mol. The second kappa shape index (κ2) is 12.1. The van der Waals surface area contributed by atoms with Crippen molar-refractivity contribution in [2.24, 2.45) is 5.41 Å². The van der Waals surface area contributed by atoms with Crippen LogP contribution in [0, 0.1) is 5.41 Å². The van der Waals surface area contributed by atoms with Crippen LogP contribution in [0.5, 0.6) is 0 Å². The number of ether oxygens (including phenoxy) is 1. The predicted octanol–water partition coefficient (Wildman–Crippen LogP) is 3.88. The van der Waals surface area contributed by atoms with Crippen LogP contribution in [0.25, 0.3) is 11.0 Å². The SMILES string of the molecule is OCC1=C(O)C=CC(CO)(CNCCCCCCOCCc2cc3ccccc3o2)C1. The number of aliphatic hydroxyl groups excluding tert-OH is 3. The molecule has 1 aliphatic rings. The molecule has 0 fully saturated rings. The smallest absolute Gasteiger partial charge is 0.134 e. The van der Waals surface area contributed by atoms with Crippen LogP contribution >= 0.6 is 0 Å². The third kappa shape index (κ3) is 6.94. The number of allylic oxidation sites excluding steroid dienone is 1. The van der Waals surface area contributed by atoms with Gasteiger partial charge in [0, 0.05) is 30.4 Å². The highest BCUT2D eigenvalue weighted by Gasteiger charge is 2.31. The lowest BCUT2D eigenvalue weighted by Gasteiger charge is -2.32. The van der Waals surface area contributed by atoms with Crippen molar-refractivity contribution in [2.45, 2.75) is 38.5 Å². The number of hydrogen-bond donors (Lipinski definition) is 4. The van der Waals surface area contributed by atoms with Crippen molar-refractivity contribution in [3.63, 3.8) is 0 Å². The molecule has 0 saturated carbocycles. The minimum atomic E-state index is -0.446. The van der Waals surface area contributed by atoms with E-state index in [9.17, 15) is 15.3 Å². The number of rotatable bonds is 14. The molecule has 0 aliphatic heterocycles. The summed E-state index contributed by atoms with van der Waals surface area (Å²) in [5.41, 5.74) is 1.07. The minimum Gasteiger partial charge on any atom is -0.508 e. The van der Waals surface area contributed by atoms with Crippen LogP contribution in [-0.4, -0.2) is 54.8 Å². The maximum Gasteiger partial charge on any atom is 0.134 e. The van der Waals surface area contributed by atoms with Crippen molar-refractivity contribution in [2.75, 3.05) is 39.5 Å². The van der Waals surface area contributed by atoms with Crippen LogP contribution in [0.2, 0.25) is 0 Å². The van der Waals surface area contributed by atoms with Gasteiger partial charge in [-0.3, -0.25) is 0 Å². The van der Waals surface area contributed by atoms with E-state index in [2.05, 4.69) is 17.4 Å². The van der Waals surface area contributed by atoms with Crippen LogP contribution in [0.3, 0.4) is 0 Å². The van der Waals surface area contributed by atoms with Gasteiger partial charge >= 0.3 is 0 Å². The van der Waals surface area contributed by atoms with Gasteiger partial charge in [0.05, 0.1) is 19.8 Å². The Bertz CT molecular complexity index is 839. The van der Waals surface area contributed by atoms with Gasteiger partial charge < -0.3 is 29.8 Å². The monoisotopic (exact) mass is 429 g/mol. The van der Waals surface area contributed by atoms with Gasteiger partial charge in [0.2, 0.25) is 0 Å². The van der Waals surface area contributed by atoms with Gasteiger partial charge in [-0.25, -0.2) is 0 Å². The molecule has 0 spiro atoms. The molecule has 2 aromatic rings. The van der Waals surface area contributed by atoms with Crippen molar-refractivity contribution < 1.29 is 24.5 Å². The van der Waals surface area contributed by atoms with Gasteiger partial charge in [0.15, 0.2) is 0 Å². The minimum absolute atomic E-state index is 0.0152. The topological polar surface area (TPSA) is 95.1 Å². The molecule has 0 radical (unpaired) electrons. The van der Waals surface area contributed by atoms with E-state index in [0.29, 0.717) is 25.1 Å². The molecule has 6 nitrogen and oxygen atoms in total. The standard InChI is InChI=1S/C25H35NO5/c27-17-21-16-25(19-28,11-9-23(21)29)18-26-12-5-1-2-6-13-30-14-10-22-15-20-7-3-4-8-24(20)31-22/h3-4,7-9,11,15,26-29H,1-2,5-6,10,12-14,16-19H2. The molecule has 6 heteroatoms. The number of para-hydroxylation sites is 1. The molecule has 1 aromatic carbocycles. The first-order chi connectivity index (χ1) is 15.2. The van der Waals surface area contributed by atoms with E-state index >= 15 is 0 Å². The Morgan fingerprint density at radius 2 is 1.90 bits per heavy atom. The zero-order valence-electron chi connectivity index (χ0n) is 18.2. The molecule has 1 aromatic heterocycles. The van der Waals surface area contributed by atoms with Crippen molar-refractivity contribution >= 4 is 11.0 Å². The lowest BCUT2D eigenvalue weighted by molar-refractivity contribution is 0.129. The zero-order valence-corrected chi connectivity index (χ0v) is 18.2. The average Bonchev–Trinajstić information content (AvgIpc) is 3.21. The van der Waals surface area contributed by atoms with Crippen LogP contribution in [0.15, 0.2) is 58.2 Å². The molecule has 4 N–H and O–H groups in total. The third-order valence-corrected chi connectivity index (χ3v) is 5.87. The van der Waals surface area contributed by atoms with E-state index in [-0.39, 0.29) is 19.0 Å². The molecule has 1 aliphatic carbocycles. The average molecular weight is 430 g/mol.